The minimum Gasteiger partial charge on any atom is -0.459 e. The second kappa shape index (κ2) is 6.05. The molecule has 0 saturated heterocycles. The third kappa shape index (κ3) is 3.36. The number of benzene rings is 1. The van der Waals surface area contributed by atoms with Gasteiger partial charge in [0.1, 0.15) is 0 Å². The van der Waals surface area contributed by atoms with Crippen molar-refractivity contribution in [1.29, 1.82) is 0 Å². The van der Waals surface area contributed by atoms with Crippen molar-refractivity contribution in [3.05, 3.63) is 54.0 Å². The van der Waals surface area contributed by atoms with Crippen molar-refractivity contribution >= 4 is 17.5 Å². The summed E-state index contributed by atoms with van der Waals surface area (Å²) in [5, 5.41) is 5.68. The molecule has 2 atom stereocenters. The number of hydrogen-bond acceptors (Lipinski definition) is 3. The molecule has 1 aliphatic carbocycles. The number of anilines is 1. The average molecular weight is 298 g/mol. The van der Waals surface area contributed by atoms with Crippen LogP contribution >= 0.6 is 0 Å². The van der Waals surface area contributed by atoms with E-state index < -0.39 is 0 Å². The fourth-order valence-corrected chi connectivity index (χ4v) is 2.31. The first-order valence-electron chi connectivity index (χ1n) is 7.35. The number of rotatable bonds is 5. The maximum atomic E-state index is 11.8. The number of carbonyl (C=O) groups excluding carboxylic acids is 2. The Hall–Kier alpha value is -2.56. The van der Waals surface area contributed by atoms with Crippen LogP contribution in [-0.4, -0.2) is 11.8 Å². The van der Waals surface area contributed by atoms with Crippen molar-refractivity contribution in [1.82, 2.24) is 5.32 Å². The second-order valence-corrected chi connectivity index (χ2v) is 5.67. The summed E-state index contributed by atoms with van der Waals surface area (Å²) in [6.45, 7) is 2.59. The third-order valence-electron chi connectivity index (χ3n) is 3.87. The fraction of sp³-hybridized carbons (Fsp3) is 0.294. The van der Waals surface area contributed by atoms with Gasteiger partial charge in [0.2, 0.25) is 5.91 Å². The lowest BCUT2D eigenvalue weighted by atomic mass is 10.2. The van der Waals surface area contributed by atoms with Gasteiger partial charge in [0.25, 0.3) is 5.91 Å². The first kappa shape index (κ1) is 14.4. The summed E-state index contributed by atoms with van der Waals surface area (Å²) in [6, 6.07) is 10.7. The van der Waals surface area contributed by atoms with E-state index in [-0.39, 0.29) is 23.5 Å². The molecule has 22 heavy (non-hydrogen) atoms. The van der Waals surface area contributed by atoms with Crippen LogP contribution in [0.25, 0.3) is 0 Å². The average Bonchev–Trinajstić information content (AvgIpc) is 3.03. The maximum Gasteiger partial charge on any atom is 0.291 e. The Morgan fingerprint density at radius 2 is 1.95 bits per heavy atom. The molecular formula is C17H18N2O3. The van der Waals surface area contributed by atoms with E-state index in [4.69, 9.17) is 4.42 Å². The first-order chi connectivity index (χ1) is 10.6. The number of amides is 2. The van der Waals surface area contributed by atoms with Crippen molar-refractivity contribution in [3.8, 4) is 0 Å². The van der Waals surface area contributed by atoms with Crippen LogP contribution in [0, 0.1) is 11.8 Å². The van der Waals surface area contributed by atoms with E-state index in [9.17, 15) is 9.59 Å². The number of hydrogen-bond donors (Lipinski definition) is 2. The zero-order chi connectivity index (χ0) is 15.5. The monoisotopic (exact) mass is 298 g/mol. The zero-order valence-electron chi connectivity index (χ0n) is 12.3. The summed E-state index contributed by atoms with van der Waals surface area (Å²) in [5.74, 6) is 0.817. The van der Waals surface area contributed by atoms with Crippen LogP contribution in [0.15, 0.2) is 47.1 Å². The van der Waals surface area contributed by atoms with Gasteiger partial charge in [-0.05, 0) is 42.2 Å². The lowest BCUT2D eigenvalue weighted by molar-refractivity contribution is -0.122. The summed E-state index contributed by atoms with van der Waals surface area (Å²) >= 11 is 0. The van der Waals surface area contributed by atoms with Crippen molar-refractivity contribution in [2.45, 2.75) is 19.9 Å². The predicted octanol–water partition coefficient (Wildman–Crippen LogP) is 2.80. The van der Waals surface area contributed by atoms with E-state index in [0.717, 1.165) is 12.0 Å². The summed E-state index contributed by atoms with van der Waals surface area (Å²) in [4.78, 5) is 23.6. The smallest absolute Gasteiger partial charge is 0.291 e. The molecule has 1 saturated carbocycles. The van der Waals surface area contributed by atoms with E-state index in [1.165, 1.54) is 6.26 Å². The van der Waals surface area contributed by atoms with Gasteiger partial charge in [0.15, 0.2) is 5.76 Å². The fourth-order valence-electron chi connectivity index (χ4n) is 2.31. The van der Waals surface area contributed by atoms with Gasteiger partial charge in [-0.15, -0.1) is 0 Å². The van der Waals surface area contributed by atoms with E-state index in [1.54, 1.807) is 12.1 Å². The summed E-state index contributed by atoms with van der Waals surface area (Å²) in [6.07, 6.45) is 2.45. The van der Waals surface area contributed by atoms with Gasteiger partial charge in [-0.3, -0.25) is 9.59 Å². The molecule has 1 heterocycles. The van der Waals surface area contributed by atoms with Crippen LogP contribution in [0.4, 0.5) is 5.69 Å². The Morgan fingerprint density at radius 1 is 1.23 bits per heavy atom. The molecule has 5 nitrogen and oxygen atoms in total. The van der Waals surface area contributed by atoms with Gasteiger partial charge in [-0.25, -0.2) is 0 Å². The SMILES string of the molecule is CC1CC1C(=O)NCc1ccc(NC(=O)c2ccco2)cc1. The number of nitrogens with one attached hydrogen (secondary N) is 2. The van der Waals surface area contributed by atoms with Crippen LogP contribution in [0.2, 0.25) is 0 Å². The highest BCUT2D eigenvalue weighted by Crippen LogP contribution is 2.37. The van der Waals surface area contributed by atoms with Crippen molar-refractivity contribution < 1.29 is 14.0 Å². The molecular weight excluding hydrogens is 280 g/mol. The molecule has 2 N–H and O–H groups in total. The number of furan rings is 1. The van der Waals surface area contributed by atoms with Gasteiger partial charge < -0.3 is 15.1 Å². The quantitative estimate of drug-likeness (QED) is 0.891. The first-order valence-corrected chi connectivity index (χ1v) is 7.35. The highest BCUT2D eigenvalue weighted by atomic mass is 16.3. The molecule has 0 radical (unpaired) electrons. The third-order valence-corrected chi connectivity index (χ3v) is 3.87. The zero-order valence-corrected chi connectivity index (χ0v) is 12.3. The Kier molecular flexibility index (Phi) is 3.96. The van der Waals surface area contributed by atoms with Gasteiger partial charge >= 0.3 is 0 Å². The molecule has 0 bridgehead atoms. The molecule has 1 aliphatic rings. The Balaban J connectivity index is 1.51. The molecule has 1 fully saturated rings. The minimum atomic E-state index is -0.284. The van der Waals surface area contributed by atoms with E-state index in [1.807, 2.05) is 24.3 Å². The minimum absolute atomic E-state index is 0.127. The normalized spacial score (nSPS) is 19.5. The predicted molar refractivity (Wildman–Crippen MR) is 82.2 cm³/mol. The molecule has 2 amide bonds. The van der Waals surface area contributed by atoms with Crippen LogP contribution in [0.3, 0.4) is 0 Å². The Morgan fingerprint density at radius 3 is 2.55 bits per heavy atom. The molecule has 1 aromatic heterocycles. The molecule has 0 spiro atoms. The second-order valence-electron chi connectivity index (χ2n) is 5.67. The molecule has 0 aliphatic heterocycles. The summed E-state index contributed by atoms with van der Waals surface area (Å²) < 4.78 is 5.03. The Bertz CT molecular complexity index is 662. The molecule has 114 valence electrons. The highest BCUT2D eigenvalue weighted by molar-refractivity contribution is 6.02. The van der Waals surface area contributed by atoms with Crippen LogP contribution in [0.5, 0.6) is 0 Å². The lowest BCUT2D eigenvalue weighted by Gasteiger charge is -2.07. The maximum absolute atomic E-state index is 11.8. The molecule has 1 aromatic carbocycles. The lowest BCUT2D eigenvalue weighted by Crippen LogP contribution is -2.24. The standard InChI is InChI=1S/C17H18N2O3/c1-11-9-14(11)16(20)18-10-12-4-6-13(7-5-12)19-17(21)15-3-2-8-22-15/h2-8,11,14H,9-10H2,1H3,(H,18,20)(H,19,21). The Labute approximate surface area is 128 Å². The topological polar surface area (TPSA) is 71.3 Å². The van der Waals surface area contributed by atoms with E-state index >= 15 is 0 Å². The summed E-state index contributed by atoms with van der Waals surface area (Å²) in [5.41, 5.74) is 1.69. The van der Waals surface area contributed by atoms with Gasteiger partial charge in [-0.1, -0.05) is 19.1 Å². The molecule has 5 heteroatoms. The van der Waals surface area contributed by atoms with Gasteiger partial charge in [0, 0.05) is 18.2 Å². The summed E-state index contributed by atoms with van der Waals surface area (Å²) in [7, 11) is 0. The van der Waals surface area contributed by atoms with Crippen molar-refractivity contribution in [3.63, 3.8) is 0 Å². The van der Waals surface area contributed by atoms with Crippen LogP contribution in [-0.2, 0) is 11.3 Å². The van der Waals surface area contributed by atoms with Crippen LogP contribution in [0.1, 0.15) is 29.5 Å². The molecule has 2 aromatic rings. The van der Waals surface area contributed by atoms with Crippen molar-refractivity contribution in [2.75, 3.05) is 5.32 Å². The van der Waals surface area contributed by atoms with E-state index in [0.29, 0.717) is 18.2 Å². The highest BCUT2D eigenvalue weighted by Gasteiger charge is 2.38. The largest absolute Gasteiger partial charge is 0.459 e. The number of carbonyl (C=O) groups is 2. The molecule has 3 rings (SSSR count). The van der Waals surface area contributed by atoms with Gasteiger partial charge in [0.05, 0.1) is 6.26 Å². The van der Waals surface area contributed by atoms with Crippen LogP contribution < -0.4 is 10.6 Å². The van der Waals surface area contributed by atoms with E-state index in [2.05, 4.69) is 17.6 Å². The van der Waals surface area contributed by atoms with Crippen molar-refractivity contribution in [2.24, 2.45) is 11.8 Å². The van der Waals surface area contributed by atoms with Gasteiger partial charge in [-0.2, -0.15) is 0 Å². The molecule has 2 unspecified atom stereocenters.